The molecule has 0 bridgehead atoms. The first-order chi connectivity index (χ1) is 11.5. The maximum Gasteiger partial charge on any atom is 0.251 e. The highest BCUT2D eigenvalue weighted by Gasteiger charge is 2.11. The molecule has 0 saturated carbocycles. The third kappa shape index (κ3) is 4.73. The first-order valence-corrected chi connectivity index (χ1v) is 7.82. The fourth-order valence-corrected chi connectivity index (χ4v) is 2.63. The molecule has 0 aliphatic rings. The molecule has 0 spiro atoms. The molecular weight excluding hydrogens is 328 g/mol. The number of hydrogen-bond acceptors (Lipinski definition) is 3. The van der Waals surface area contributed by atoms with Crippen LogP contribution in [0.4, 0.5) is 0 Å². The molecular formula is C18H19ClN2O3. The van der Waals surface area contributed by atoms with Gasteiger partial charge in [0.15, 0.2) is 0 Å². The summed E-state index contributed by atoms with van der Waals surface area (Å²) in [5.74, 6) is 0.105. The average molecular weight is 347 g/mol. The van der Waals surface area contributed by atoms with E-state index >= 15 is 0 Å². The number of methoxy groups -OCH3 is 1. The Morgan fingerprint density at radius 3 is 2.50 bits per heavy atom. The average Bonchev–Trinajstić information content (AvgIpc) is 2.58. The SMILES string of the molecule is COc1c(C)cc(Cl)cc1CNC(=O)CNC(=O)c1ccccc1. The van der Waals surface area contributed by atoms with Gasteiger partial charge in [0, 0.05) is 22.7 Å². The molecule has 24 heavy (non-hydrogen) atoms. The Morgan fingerprint density at radius 1 is 1.12 bits per heavy atom. The summed E-state index contributed by atoms with van der Waals surface area (Å²) < 4.78 is 5.34. The summed E-state index contributed by atoms with van der Waals surface area (Å²) in [6, 6.07) is 12.3. The number of aryl methyl sites for hydroxylation is 1. The van der Waals surface area contributed by atoms with E-state index < -0.39 is 0 Å². The number of hydrogen-bond donors (Lipinski definition) is 2. The van der Waals surface area contributed by atoms with Crippen molar-refractivity contribution in [3.8, 4) is 5.75 Å². The Bertz CT molecular complexity index is 733. The van der Waals surface area contributed by atoms with Crippen LogP contribution in [0.1, 0.15) is 21.5 Å². The van der Waals surface area contributed by atoms with E-state index in [9.17, 15) is 9.59 Å². The van der Waals surface area contributed by atoms with Crippen molar-refractivity contribution in [3.63, 3.8) is 0 Å². The van der Waals surface area contributed by atoms with Crippen LogP contribution in [0.5, 0.6) is 5.75 Å². The van der Waals surface area contributed by atoms with E-state index in [-0.39, 0.29) is 24.9 Å². The van der Waals surface area contributed by atoms with Crippen molar-refractivity contribution in [2.45, 2.75) is 13.5 Å². The zero-order chi connectivity index (χ0) is 17.5. The van der Waals surface area contributed by atoms with Crippen LogP contribution >= 0.6 is 11.6 Å². The molecule has 0 saturated heterocycles. The van der Waals surface area contributed by atoms with Crippen LogP contribution in [0.25, 0.3) is 0 Å². The first kappa shape index (κ1) is 17.8. The second-order valence-electron chi connectivity index (χ2n) is 5.24. The molecule has 2 aromatic rings. The van der Waals surface area contributed by atoms with Crippen molar-refractivity contribution in [2.75, 3.05) is 13.7 Å². The Balaban J connectivity index is 1.89. The predicted octanol–water partition coefficient (Wildman–Crippen LogP) is 2.70. The van der Waals surface area contributed by atoms with Gasteiger partial charge in [-0.15, -0.1) is 0 Å². The Kier molecular flexibility index (Phi) is 6.21. The number of amides is 2. The van der Waals surface area contributed by atoms with Crippen LogP contribution in [0.3, 0.4) is 0 Å². The van der Waals surface area contributed by atoms with E-state index in [1.807, 2.05) is 13.0 Å². The highest BCUT2D eigenvalue weighted by molar-refractivity contribution is 6.30. The van der Waals surface area contributed by atoms with Gasteiger partial charge in [-0.25, -0.2) is 0 Å². The summed E-state index contributed by atoms with van der Waals surface area (Å²) in [6.45, 7) is 2.05. The van der Waals surface area contributed by atoms with E-state index in [1.165, 1.54) is 0 Å². The molecule has 6 heteroatoms. The molecule has 0 fully saturated rings. The topological polar surface area (TPSA) is 67.4 Å². The lowest BCUT2D eigenvalue weighted by Crippen LogP contribution is -2.36. The van der Waals surface area contributed by atoms with E-state index in [2.05, 4.69) is 10.6 Å². The van der Waals surface area contributed by atoms with Gasteiger partial charge in [-0.2, -0.15) is 0 Å². The predicted molar refractivity (Wildman–Crippen MR) is 93.4 cm³/mol. The van der Waals surface area contributed by atoms with Crippen molar-refractivity contribution in [1.82, 2.24) is 10.6 Å². The minimum absolute atomic E-state index is 0.102. The zero-order valence-electron chi connectivity index (χ0n) is 13.6. The molecule has 0 aromatic heterocycles. The van der Waals surface area contributed by atoms with E-state index in [0.717, 1.165) is 11.1 Å². The maximum absolute atomic E-state index is 11.9. The normalized spacial score (nSPS) is 10.1. The minimum Gasteiger partial charge on any atom is -0.496 e. The summed E-state index contributed by atoms with van der Waals surface area (Å²) in [4.78, 5) is 23.8. The second kappa shape index (κ2) is 8.36. The molecule has 0 atom stereocenters. The fraction of sp³-hybridized carbons (Fsp3) is 0.222. The maximum atomic E-state index is 11.9. The number of benzene rings is 2. The fourth-order valence-electron chi connectivity index (χ4n) is 2.33. The molecule has 0 aliphatic carbocycles. The molecule has 0 radical (unpaired) electrons. The molecule has 2 N–H and O–H groups in total. The molecule has 5 nitrogen and oxygen atoms in total. The van der Waals surface area contributed by atoms with Crippen molar-refractivity contribution in [3.05, 3.63) is 64.2 Å². The highest BCUT2D eigenvalue weighted by Crippen LogP contribution is 2.27. The number of carbonyl (C=O) groups excluding carboxylic acids is 2. The van der Waals surface area contributed by atoms with Gasteiger partial charge in [-0.05, 0) is 36.8 Å². The van der Waals surface area contributed by atoms with Crippen LogP contribution in [-0.4, -0.2) is 25.5 Å². The summed E-state index contributed by atoms with van der Waals surface area (Å²) in [6.07, 6.45) is 0. The van der Waals surface area contributed by atoms with Crippen LogP contribution < -0.4 is 15.4 Å². The lowest BCUT2D eigenvalue weighted by molar-refractivity contribution is -0.120. The zero-order valence-corrected chi connectivity index (χ0v) is 14.3. The van der Waals surface area contributed by atoms with E-state index in [0.29, 0.717) is 16.3 Å². The van der Waals surface area contributed by atoms with Crippen molar-refractivity contribution in [2.24, 2.45) is 0 Å². The second-order valence-corrected chi connectivity index (χ2v) is 5.68. The smallest absolute Gasteiger partial charge is 0.251 e. The molecule has 2 rings (SSSR count). The van der Waals surface area contributed by atoms with Gasteiger partial charge >= 0.3 is 0 Å². The summed E-state index contributed by atoms with van der Waals surface area (Å²) in [7, 11) is 1.57. The van der Waals surface area contributed by atoms with Crippen molar-refractivity contribution < 1.29 is 14.3 Å². The minimum atomic E-state index is -0.293. The van der Waals surface area contributed by atoms with Gasteiger partial charge in [-0.3, -0.25) is 9.59 Å². The number of nitrogens with one attached hydrogen (secondary N) is 2. The highest BCUT2D eigenvalue weighted by atomic mass is 35.5. The van der Waals surface area contributed by atoms with Crippen molar-refractivity contribution >= 4 is 23.4 Å². The summed E-state index contributed by atoms with van der Waals surface area (Å²) in [5.41, 5.74) is 2.19. The van der Waals surface area contributed by atoms with Crippen LogP contribution in [0, 0.1) is 6.92 Å². The summed E-state index contributed by atoms with van der Waals surface area (Å²) in [5, 5.41) is 5.90. The standard InChI is InChI=1S/C18H19ClN2O3/c1-12-8-15(19)9-14(17(12)24-2)10-20-16(22)11-21-18(23)13-6-4-3-5-7-13/h3-9H,10-11H2,1-2H3,(H,20,22)(H,21,23). The number of ether oxygens (including phenoxy) is 1. The first-order valence-electron chi connectivity index (χ1n) is 7.44. The number of halogens is 1. The van der Waals surface area contributed by atoms with Gasteiger partial charge in [0.2, 0.25) is 5.91 Å². The van der Waals surface area contributed by atoms with Crippen molar-refractivity contribution in [1.29, 1.82) is 0 Å². The third-order valence-corrected chi connectivity index (χ3v) is 3.66. The molecule has 0 aliphatic heterocycles. The molecule has 2 aromatic carbocycles. The van der Waals surface area contributed by atoms with Crippen LogP contribution in [0.2, 0.25) is 5.02 Å². The lowest BCUT2D eigenvalue weighted by atomic mass is 10.1. The van der Waals surface area contributed by atoms with E-state index in [4.69, 9.17) is 16.3 Å². The van der Waals surface area contributed by atoms with Gasteiger partial charge in [0.25, 0.3) is 5.91 Å². The van der Waals surface area contributed by atoms with Gasteiger partial charge in [0.1, 0.15) is 5.75 Å². The quantitative estimate of drug-likeness (QED) is 0.845. The molecule has 126 valence electrons. The largest absolute Gasteiger partial charge is 0.496 e. The third-order valence-electron chi connectivity index (χ3n) is 3.44. The summed E-state index contributed by atoms with van der Waals surface area (Å²) >= 11 is 6.04. The number of carbonyl (C=O) groups is 2. The Hall–Kier alpha value is -2.53. The molecule has 2 amide bonds. The van der Waals surface area contributed by atoms with E-state index in [1.54, 1.807) is 43.5 Å². The Morgan fingerprint density at radius 2 is 1.83 bits per heavy atom. The molecule has 0 heterocycles. The van der Waals surface area contributed by atoms with Crippen LogP contribution in [0.15, 0.2) is 42.5 Å². The lowest BCUT2D eigenvalue weighted by Gasteiger charge is -2.13. The van der Waals surface area contributed by atoms with Gasteiger partial charge < -0.3 is 15.4 Å². The van der Waals surface area contributed by atoms with Gasteiger partial charge in [0.05, 0.1) is 13.7 Å². The monoisotopic (exact) mass is 346 g/mol. The van der Waals surface area contributed by atoms with Crippen LogP contribution in [-0.2, 0) is 11.3 Å². The molecule has 0 unspecified atom stereocenters. The number of rotatable bonds is 6. The Labute approximate surface area is 146 Å². The van der Waals surface area contributed by atoms with Gasteiger partial charge in [-0.1, -0.05) is 29.8 Å².